The molecule has 0 aliphatic carbocycles. The van der Waals surface area contributed by atoms with E-state index in [9.17, 15) is 0 Å². The summed E-state index contributed by atoms with van der Waals surface area (Å²) in [5, 5.41) is 0. The van der Waals surface area contributed by atoms with Gasteiger partial charge in [0.25, 0.3) is 0 Å². The van der Waals surface area contributed by atoms with E-state index in [1.54, 1.807) is 0 Å². The van der Waals surface area contributed by atoms with Crippen molar-refractivity contribution in [2.45, 2.75) is 59.4 Å². The Balaban J connectivity index is 2.04. The van der Waals surface area contributed by atoms with Crippen molar-refractivity contribution in [2.75, 3.05) is 0 Å². The van der Waals surface area contributed by atoms with Crippen molar-refractivity contribution in [1.29, 1.82) is 0 Å². The molecule has 0 radical (unpaired) electrons. The monoisotopic (exact) mass is 292 g/mol. The van der Waals surface area contributed by atoms with E-state index in [0.29, 0.717) is 0 Å². The smallest absolute Gasteiger partial charge is 0.201 e. The van der Waals surface area contributed by atoms with E-state index in [1.165, 1.54) is 5.56 Å². The van der Waals surface area contributed by atoms with Crippen LogP contribution in [-0.4, -0.2) is 12.6 Å². The highest BCUT2D eigenvalue weighted by Crippen LogP contribution is 2.49. The Morgan fingerprint density at radius 2 is 1.62 bits per heavy atom. The lowest BCUT2D eigenvalue weighted by atomic mass is 9.73. The van der Waals surface area contributed by atoms with Gasteiger partial charge in [0.2, 0.25) is 6.29 Å². The third-order valence-corrected chi connectivity index (χ3v) is 4.10. The fraction of sp³-hybridized carbons (Fsp3) is 0.647. The van der Waals surface area contributed by atoms with Gasteiger partial charge in [-0.1, -0.05) is 58.9 Å². The van der Waals surface area contributed by atoms with Gasteiger partial charge in [-0.3, -0.25) is 0 Å². The summed E-state index contributed by atoms with van der Waals surface area (Å²) >= 11 is 0. The molecule has 0 N–H and O–H groups in total. The van der Waals surface area contributed by atoms with E-state index >= 15 is 0 Å². The van der Waals surface area contributed by atoms with Gasteiger partial charge < -0.3 is 9.47 Å². The van der Waals surface area contributed by atoms with Crippen molar-refractivity contribution in [3.05, 3.63) is 35.4 Å². The van der Waals surface area contributed by atoms with Crippen LogP contribution >= 0.6 is 0 Å². The molecule has 0 amide bonds. The Morgan fingerprint density at radius 3 is 2.24 bits per heavy atom. The van der Waals surface area contributed by atoms with Crippen molar-refractivity contribution in [1.82, 2.24) is 0 Å². The fourth-order valence-electron chi connectivity index (χ4n) is 3.01. The van der Waals surface area contributed by atoms with Crippen LogP contribution in [0.15, 0.2) is 24.3 Å². The van der Waals surface area contributed by atoms with Gasteiger partial charge in [-0.15, -0.1) is 0 Å². The van der Waals surface area contributed by atoms with Crippen LogP contribution in [0.4, 0.5) is 0 Å². The zero-order valence-corrected chi connectivity index (χ0v) is 13.3. The van der Waals surface area contributed by atoms with Gasteiger partial charge in [-0.25, -0.2) is 9.78 Å². The van der Waals surface area contributed by atoms with Crippen LogP contribution in [0.2, 0.25) is 0 Å². The molecule has 1 fully saturated rings. The quantitative estimate of drug-likeness (QED) is 0.729. The van der Waals surface area contributed by atoms with E-state index < -0.39 is 18.9 Å². The van der Waals surface area contributed by atoms with Crippen molar-refractivity contribution < 1.29 is 19.2 Å². The molecule has 116 valence electrons. The maximum absolute atomic E-state index is 6.02. The summed E-state index contributed by atoms with van der Waals surface area (Å²) in [5.41, 5.74) is 2.29. The predicted molar refractivity (Wildman–Crippen MR) is 78.1 cm³/mol. The summed E-state index contributed by atoms with van der Waals surface area (Å²) in [6, 6.07) is 8.27. The lowest BCUT2D eigenvalue weighted by molar-refractivity contribution is -0.411. The van der Waals surface area contributed by atoms with Crippen LogP contribution in [0.25, 0.3) is 0 Å². The van der Waals surface area contributed by atoms with Crippen molar-refractivity contribution in [2.24, 2.45) is 11.3 Å². The number of rotatable bonds is 1. The minimum atomic E-state index is -0.450. The number of benzene rings is 1. The summed E-state index contributed by atoms with van der Waals surface area (Å²) in [6.07, 6.45) is -1.31. The standard InChI is InChI=1S/C17H24O4/c1-10(2)14-18-15-12-9-7-6-8-11(12)13(17(3,4)5)16(19-15)21-20-14/h6-10,13-16H,1-5H3/t13-,14?,15+,16+/m0/s1. The molecule has 2 aliphatic rings. The van der Waals surface area contributed by atoms with Crippen LogP contribution in [0, 0.1) is 11.3 Å². The van der Waals surface area contributed by atoms with Gasteiger partial charge in [0.05, 0.1) is 0 Å². The molecule has 3 rings (SSSR count). The Bertz CT molecular complexity index is 506. The normalized spacial score (nSPS) is 32.7. The van der Waals surface area contributed by atoms with Gasteiger partial charge in [0.1, 0.15) is 0 Å². The number of ether oxygens (including phenoxy) is 2. The highest BCUT2D eigenvalue weighted by Gasteiger charge is 2.46. The Labute approximate surface area is 126 Å². The number of hydrogen-bond acceptors (Lipinski definition) is 4. The molecule has 21 heavy (non-hydrogen) atoms. The zero-order chi connectivity index (χ0) is 15.2. The number of fused-ring (bicyclic) bond motifs is 4. The second-order valence-electron chi connectivity index (χ2n) is 7.25. The molecule has 4 atom stereocenters. The lowest BCUT2D eigenvalue weighted by Crippen LogP contribution is -2.38. The van der Waals surface area contributed by atoms with Gasteiger partial charge >= 0.3 is 0 Å². The van der Waals surface area contributed by atoms with Crippen LogP contribution in [0.3, 0.4) is 0 Å². The second kappa shape index (κ2) is 5.36. The third kappa shape index (κ3) is 2.73. The van der Waals surface area contributed by atoms with Gasteiger partial charge in [0.15, 0.2) is 12.6 Å². The van der Waals surface area contributed by atoms with Crippen LogP contribution in [0.5, 0.6) is 0 Å². The Kier molecular flexibility index (Phi) is 3.82. The van der Waals surface area contributed by atoms with Crippen molar-refractivity contribution in [3.63, 3.8) is 0 Å². The van der Waals surface area contributed by atoms with Crippen molar-refractivity contribution >= 4 is 0 Å². The SMILES string of the molecule is CC(C)C1OO[C@H]2O[C@@H](O1)c1ccccc1[C@@H]2C(C)(C)C. The molecule has 1 aromatic carbocycles. The highest BCUT2D eigenvalue weighted by atomic mass is 17.3. The first-order chi connectivity index (χ1) is 9.88. The molecule has 4 nitrogen and oxygen atoms in total. The molecule has 2 bridgehead atoms. The van der Waals surface area contributed by atoms with E-state index in [4.69, 9.17) is 19.2 Å². The van der Waals surface area contributed by atoms with E-state index in [0.717, 1.165) is 5.56 Å². The van der Waals surface area contributed by atoms with Gasteiger partial charge in [-0.2, -0.15) is 0 Å². The van der Waals surface area contributed by atoms with Crippen LogP contribution in [0.1, 0.15) is 58.0 Å². The molecular formula is C17H24O4. The van der Waals surface area contributed by atoms with Gasteiger partial charge in [-0.05, 0) is 11.0 Å². The highest BCUT2D eigenvalue weighted by molar-refractivity contribution is 5.35. The first-order valence-electron chi connectivity index (χ1n) is 7.60. The predicted octanol–water partition coefficient (Wildman–Crippen LogP) is 4.13. The Hall–Kier alpha value is -0.940. The van der Waals surface area contributed by atoms with Crippen LogP contribution in [-0.2, 0) is 19.2 Å². The molecule has 1 saturated heterocycles. The van der Waals surface area contributed by atoms with E-state index in [-0.39, 0.29) is 17.3 Å². The first-order valence-corrected chi connectivity index (χ1v) is 7.60. The molecule has 4 heteroatoms. The number of hydrogen-bond donors (Lipinski definition) is 0. The molecule has 1 aromatic rings. The van der Waals surface area contributed by atoms with Crippen molar-refractivity contribution in [3.8, 4) is 0 Å². The molecule has 0 saturated carbocycles. The summed E-state index contributed by atoms with van der Waals surface area (Å²) in [6.45, 7) is 10.6. The lowest BCUT2D eigenvalue weighted by Gasteiger charge is -2.41. The fourth-order valence-corrected chi connectivity index (χ4v) is 3.01. The topological polar surface area (TPSA) is 36.9 Å². The molecule has 1 unspecified atom stereocenters. The third-order valence-electron chi connectivity index (χ3n) is 4.10. The molecule has 2 aliphatic heterocycles. The zero-order valence-electron chi connectivity index (χ0n) is 13.3. The minimum Gasteiger partial charge on any atom is -0.316 e. The molecule has 0 aromatic heterocycles. The van der Waals surface area contributed by atoms with Crippen LogP contribution < -0.4 is 0 Å². The average molecular weight is 292 g/mol. The Morgan fingerprint density at radius 1 is 0.952 bits per heavy atom. The summed E-state index contributed by atoms with van der Waals surface area (Å²) in [7, 11) is 0. The first kappa shape index (κ1) is 15.0. The van der Waals surface area contributed by atoms with Gasteiger partial charge in [0, 0.05) is 17.4 Å². The summed E-state index contributed by atoms with van der Waals surface area (Å²) in [4.78, 5) is 11.1. The average Bonchev–Trinajstić information content (AvgIpc) is 2.58. The summed E-state index contributed by atoms with van der Waals surface area (Å²) in [5.74, 6) is 0.285. The van der Waals surface area contributed by atoms with E-state index in [1.807, 2.05) is 19.9 Å². The maximum Gasteiger partial charge on any atom is 0.201 e. The maximum atomic E-state index is 6.02. The molecule has 2 heterocycles. The van der Waals surface area contributed by atoms with E-state index in [2.05, 4.69) is 39.0 Å². The molecular weight excluding hydrogens is 268 g/mol. The minimum absolute atomic E-state index is 0.00718. The molecule has 0 spiro atoms. The second-order valence-corrected chi connectivity index (χ2v) is 7.25. The largest absolute Gasteiger partial charge is 0.316 e. The summed E-state index contributed by atoms with van der Waals surface area (Å²) < 4.78 is 12.0.